The number of carbonyl (C=O) groups excluding carboxylic acids is 1. The van der Waals surface area contributed by atoms with Crippen molar-refractivity contribution in [1.29, 1.82) is 5.26 Å². The van der Waals surface area contributed by atoms with Gasteiger partial charge in [-0.2, -0.15) is 5.26 Å². The van der Waals surface area contributed by atoms with E-state index in [2.05, 4.69) is 21.2 Å². The fourth-order valence-electron chi connectivity index (χ4n) is 2.00. The van der Waals surface area contributed by atoms with E-state index in [4.69, 9.17) is 4.74 Å². The highest BCUT2D eigenvalue weighted by Gasteiger charge is 2.12. The lowest BCUT2D eigenvalue weighted by atomic mass is 10.1. The molecule has 0 unspecified atom stereocenters. The summed E-state index contributed by atoms with van der Waals surface area (Å²) < 4.78 is 5.71. The SMILES string of the molecule is CCOc1cc(/C=C(\C#N)C(=O)Nc2ccc(O)cc2)cc(Br)c1O. The number of amides is 1. The van der Waals surface area contributed by atoms with Gasteiger partial charge in [-0.15, -0.1) is 0 Å². The summed E-state index contributed by atoms with van der Waals surface area (Å²) in [7, 11) is 0. The van der Waals surface area contributed by atoms with Gasteiger partial charge >= 0.3 is 0 Å². The number of nitrogens with zero attached hydrogens (tertiary/aromatic N) is 1. The Kier molecular flexibility index (Phi) is 6.03. The van der Waals surface area contributed by atoms with Crippen LogP contribution in [0, 0.1) is 11.3 Å². The predicted molar refractivity (Wildman–Crippen MR) is 97.3 cm³/mol. The molecule has 0 saturated heterocycles. The van der Waals surface area contributed by atoms with Gasteiger partial charge in [0.15, 0.2) is 11.5 Å². The zero-order valence-electron chi connectivity index (χ0n) is 13.3. The Morgan fingerprint density at radius 2 is 2.00 bits per heavy atom. The minimum absolute atomic E-state index is 0.0500. The van der Waals surface area contributed by atoms with Crippen molar-refractivity contribution in [2.75, 3.05) is 11.9 Å². The van der Waals surface area contributed by atoms with Crippen molar-refractivity contribution in [2.45, 2.75) is 6.92 Å². The summed E-state index contributed by atoms with van der Waals surface area (Å²) in [5.74, 6) is -0.313. The molecule has 0 radical (unpaired) electrons. The number of rotatable bonds is 5. The van der Waals surface area contributed by atoms with Crippen molar-refractivity contribution in [3.63, 3.8) is 0 Å². The Labute approximate surface area is 153 Å². The van der Waals surface area contributed by atoms with E-state index < -0.39 is 5.91 Å². The number of phenolic OH excluding ortho intramolecular Hbond substituents is 2. The van der Waals surface area contributed by atoms with Crippen LogP contribution in [0.4, 0.5) is 5.69 Å². The van der Waals surface area contributed by atoms with Gasteiger partial charge in [-0.1, -0.05) is 0 Å². The summed E-state index contributed by atoms with van der Waals surface area (Å²) in [5.41, 5.74) is 0.851. The molecule has 0 bridgehead atoms. The molecule has 25 heavy (non-hydrogen) atoms. The number of phenols is 2. The molecular formula is C18H15BrN2O4. The third-order valence-corrected chi connectivity index (χ3v) is 3.76. The highest BCUT2D eigenvalue weighted by Crippen LogP contribution is 2.36. The van der Waals surface area contributed by atoms with Crippen LogP contribution in [0.3, 0.4) is 0 Å². The van der Waals surface area contributed by atoms with Crippen LogP contribution in [-0.4, -0.2) is 22.7 Å². The molecule has 0 aliphatic heterocycles. The lowest BCUT2D eigenvalue weighted by Crippen LogP contribution is -2.13. The Bertz CT molecular complexity index is 855. The molecule has 0 aliphatic rings. The average molecular weight is 403 g/mol. The first-order valence-corrected chi connectivity index (χ1v) is 8.11. The molecule has 2 aromatic rings. The first kappa shape index (κ1) is 18.4. The fourth-order valence-corrected chi connectivity index (χ4v) is 2.46. The van der Waals surface area contributed by atoms with Gasteiger partial charge in [-0.25, -0.2) is 0 Å². The van der Waals surface area contributed by atoms with Crippen LogP contribution in [0.1, 0.15) is 12.5 Å². The largest absolute Gasteiger partial charge is 0.508 e. The predicted octanol–water partition coefficient (Wildman–Crippen LogP) is 3.80. The minimum atomic E-state index is -0.588. The van der Waals surface area contributed by atoms with Gasteiger partial charge in [-0.3, -0.25) is 4.79 Å². The standard InChI is InChI=1S/C18H15BrN2O4/c1-2-25-16-9-11(8-15(19)17(16)23)7-12(10-20)18(24)21-13-3-5-14(22)6-4-13/h3-9,22-23H,2H2,1H3,(H,21,24)/b12-7+. The lowest BCUT2D eigenvalue weighted by Gasteiger charge is -2.09. The lowest BCUT2D eigenvalue weighted by molar-refractivity contribution is -0.112. The maximum absolute atomic E-state index is 12.2. The van der Waals surface area contributed by atoms with Crippen molar-refractivity contribution in [3.8, 4) is 23.3 Å². The van der Waals surface area contributed by atoms with Crippen molar-refractivity contribution in [3.05, 3.63) is 52.0 Å². The minimum Gasteiger partial charge on any atom is -0.508 e. The van der Waals surface area contributed by atoms with E-state index in [-0.39, 0.29) is 22.8 Å². The summed E-state index contributed by atoms with van der Waals surface area (Å²) in [6.07, 6.45) is 1.39. The van der Waals surface area contributed by atoms with Crippen LogP contribution in [-0.2, 0) is 4.79 Å². The van der Waals surface area contributed by atoms with Crippen LogP contribution in [0.25, 0.3) is 6.08 Å². The zero-order valence-corrected chi connectivity index (χ0v) is 14.9. The molecular weight excluding hydrogens is 388 g/mol. The van der Waals surface area contributed by atoms with Crippen LogP contribution < -0.4 is 10.1 Å². The molecule has 0 aromatic heterocycles. The van der Waals surface area contributed by atoms with Gasteiger partial charge in [-0.05, 0) is 70.9 Å². The quantitative estimate of drug-likeness (QED) is 0.400. The van der Waals surface area contributed by atoms with Crippen molar-refractivity contribution in [1.82, 2.24) is 0 Å². The molecule has 0 spiro atoms. The van der Waals surface area contributed by atoms with E-state index in [1.54, 1.807) is 13.0 Å². The maximum Gasteiger partial charge on any atom is 0.266 e. The van der Waals surface area contributed by atoms with Crippen molar-refractivity contribution in [2.24, 2.45) is 0 Å². The van der Waals surface area contributed by atoms with Gasteiger partial charge in [0.05, 0.1) is 11.1 Å². The summed E-state index contributed by atoms with van der Waals surface area (Å²) in [6, 6.07) is 10.9. The third kappa shape index (κ3) is 4.75. The highest BCUT2D eigenvalue weighted by atomic mass is 79.9. The molecule has 0 heterocycles. The molecule has 0 aliphatic carbocycles. The number of ether oxygens (including phenoxy) is 1. The zero-order chi connectivity index (χ0) is 18.4. The number of nitriles is 1. The van der Waals surface area contributed by atoms with E-state index in [1.165, 1.54) is 36.4 Å². The number of carbonyl (C=O) groups is 1. The Hall–Kier alpha value is -2.98. The number of hydrogen-bond donors (Lipinski definition) is 3. The maximum atomic E-state index is 12.2. The molecule has 6 nitrogen and oxygen atoms in total. The van der Waals surface area contributed by atoms with E-state index in [1.807, 2.05) is 6.07 Å². The number of benzene rings is 2. The number of anilines is 1. The van der Waals surface area contributed by atoms with E-state index >= 15 is 0 Å². The number of aromatic hydroxyl groups is 2. The van der Waals surface area contributed by atoms with Crippen LogP contribution in [0.5, 0.6) is 17.2 Å². The second-order valence-corrected chi connectivity index (χ2v) is 5.81. The summed E-state index contributed by atoms with van der Waals surface area (Å²) in [5, 5.41) is 31.0. The molecule has 2 rings (SSSR count). The van der Waals surface area contributed by atoms with Gasteiger partial charge in [0.2, 0.25) is 0 Å². The molecule has 3 N–H and O–H groups in total. The summed E-state index contributed by atoms with van der Waals surface area (Å²) in [4.78, 5) is 12.2. The Balaban J connectivity index is 2.29. The molecule has 128 valence electrons. The summed E-state index contributed by atoms with van der Waals surface area (Å²) >= 11 is 3.21. The summed E-state index contributed by atoms with van der Waals surface area (Å²) in [6.45, 7) is 2.14. The van der Waals surface area contributed by atoms with Gasteiger partial charge in [0.25, 0.3) is 5.91 Å². The molecule has 7 heteroatoms. The smallest absolute Gasteiger partial charge is 0.266 e. The molecule has 0 saturated carbocycles. The van der Waals surface area contributed by atoms with Gasteiger partial charge < -0.3 is 20.3 Å². The second-order valence-electron chi connectivity index (χ2n) is 4.95. The first-order valence-electron chi connectivity index (χ1n) is 7.32. The van der Waals surface area contributed by atoms with Crippen molar-refractivity contribution < 1.29 is 19.7 Å². The number of nitrogens with one attached hydrogen (secondary N) is 1. The third-order valence-electron chi connectivity index (χ3n) is 3.15. The van der Waals surface area contributed by atoms with E-state index in [0.29, 0.717) is 22.3 Å². The Morgan fingerprint density at radius 1 is 1.32 bits per heavy atom. The second kappa shape index (κ2) is 8.22. The normalized spacial score (nSPS) is 10.8. The van der Waals surface area contributed by atoms with Gasteiger partial charge in [0.1, 0.15) is 17.4 Å². The molecule has 1 amide bonds. The van der Waals surface area contributed by atoms with Gasteiger partial charge in [0, 0.05) is 5.69 Å². The average Bonchev–Trinajstić information content (AvgIpc) is 2.59. The number of halogens is 1. The topological polar surface area (TPSA) is 103 Å². The molecule has 0 atom stereocenters. The van der Waals surface area contributed by atoms with E-state index in [0.717, 1.165) is 0 Å². The highest BCUT2D eigenvalue weighted by molar-refractivity contribution is 9.10. The molecule has 0 fully saturated rings. The van der Waals surface area contributed by atoms with Crippen LogP contribution in [0.2, 0.25) is 0 Å². The fraction of sp³-hybridized carbons (Fsp3) is 0.111. The van der Waals surface area contributed by atoms with E-state index in [9.17, 15) is 20.3 Å². The Morgan fingerprint density at radius 3 is 2.60 bits per heavy atom. The first-order chi connectivity index (χ1) is 11.9. The van der Waals surface area contributed by atoms with Crippen molar-refractivity contribution >= 4 is 33.6 Å². The van der Waals surface area contributed by atoms with Crippen LogP contribution >= 0.6 is 15.9 Å². The monoisotopic (exact) mass is 402 g/mol. The molecule has 2 aromatic carbocycles. The van der Waals surface area contributed by atoms with Crippen LogP contribution in [0.15, 0.2) is 46.4 Å². The number of hydrogen-bond acceptors (Lipinski definition) is 5.